The van der Waals surface area contributed by atoms with Crippen LogP contribution in [-0.2, 0) is 9.53 Å². The number of nitrogens with zero attached hydrogens (tertiary/aromatic N) is 1. The highest BCUT2D eigenvalue weighted by Gasteiger charge is 2.19. The van der Waals surface area contributed by atoms with E-state index in [1.54, 1.807) is 6.92 Å². The zero-order valence-corrected chi connectivity index (χ0v) is 7.69. The normalized spacial score (nSPS) is 9.50. The predicted octanol–water partition coefficient (Wildman–Crippen LogP) is 0.410. The smallest absolute Gasteiger partial charge is 0.379 e. The number of pyridine rings is 1. The molecule has 0 unspecified atom stereocenters. The number of aromatic nitrogens is 1. The molecule has 0 fully saturated rings. The summed E-state index contributed by atoms with van der Waals surface area (Å²) in [6.07, 6.45) is 2.69. The fourth-order valence-corrected chi connectivity index (χ4v) is 0.902. The van der Waals surface area contributed by atoms with Crippen LogP contribution >= 0.6 is 0 Å². The lowest BCUT2D eigenvalue weighted by atomic mass is 10.1. The summed E-state index contributed by atoms with van der Waals surface area (Å²) in [6, 6.07) is 1.45. The van der Waals surface area contributed by atoms with Gasteiger partial charge in [-0.15, -0.1) is 0 Å². The molecule has 1 heterocycles. The van der Waals surface area contributed by atoms with E-state index in [0.29, 0.717) is 0 Å². The van der Waals surface area contributed by atoms with E-state index in [-0.39, 0.29) is 17.9 Å². The number of carbonyl (C=O) groups is 2. The number of hydrogen-bond acceptors (Lipinski definition) is 5. The molecular formula is C9H10N2O3. The Morgan fingerprint density at radius 1 is 1.57 bits per heavy atom. The summed E-state index contributed by atoms with van der Waals surface area (Å²) in [5.74, 6) is -1.68. The lowest BCUT2D eigenvalue weighted by molar-refractivity contribution is -0.137. The number of nitrogen functional groups attached to an aromatic ring is 1. The van der Waals surface area contributed by atoms with Gasteiger partial charge in [0, 0.05) is 18.1 Å². The molecule has 5 nitrogen and oxygen atoms in total. The number of ketones is 1. The first kappa shape index (κ1) is 10.2. The maximum absolute atomic E-state index is 11.4. The maximum atomic E-state index is 11.4. The first-order valence-corrected chi connectivity index (χ1v) is 4.07. The monoisotopic (exact) mass is 194 g/mol. The van der Waals surface area contributed by atoms with Crippen molar-refractivity contribution in [2.24, 2.45) is 0 Å². The second-order valence-electron chi connectivity index (χ2n) is 2.51. The lowest BCUT2D eigenvalue weighted by Gasteiger charge is -2.02. The van der Waals surface area contributed by atoms with Gasteiger partial charge in [-0.3, -0.25) is 9.78 Å². The quantitative estimate of drug-likeness (QED) is 0.428. The van der Waals surface area contributed by atoms with Crippen molar-refractivity contribution in [2.75, 3.05) is 12.3 Å². The largest absolute Gasteiger partial charge is 0.460 e. The minimum absolute atomic E-state index is 0.0750. The van der Waals surface area contributed by atoms with Gasteiger partial charge < -0.3 is 10.5 Å². The van der Waals surface area contributed by atoms with Gasteiger partial charge in [0.2, 0.25) is 0 Å². The summed E-state index contributed by atoms with van der Waals surface area (Å²) in [7, 11) is 0. The van der Waals surface area contributed by atoms with Gasteiger partial charge in [-0.05, 0) is 13.0 Å². The molecule has 1 rings (SSSR count). The standard InChI is InChI=1S/C9H10N2O3/c1-2-14-9(13)8(12)6-5-11-4-3-7(6)10/h3-5H,2H2,1H3,(H2,10,11). The van der Waals surface area contributed by atoms with Crippen LogP contribution in [0, 0.1) is 0 Å². The summed E-state index contributed by atoms with van der Waals surface area (Å²) < 4.78 is 4.54. The van der Waals surface area contributed by atoms with E-state index in [1.165, 1.54) is 18.5 Å². The Hall–Kier alpha value is -1.91. The van der Waals surface area contributed by atoms with Crippen molar-refractivity contribution >= 4 is 17.4 Å². The third-order valence-corrected chi connectivity index (χ3v) is 1.56. The molecule has 0 aliphatic rings. The summed E-state index contributed by atoms with van der Waals surface area (Å²) in [5, 5.41) is 0. The molecule has 0 saturated carbocycles. The van der Waals surface area contributed by atoms with Crippen LogP contribution in [0.5, 0.6) is 0 Å². The Labute approximate surface area is 80.9 Å². The number of anilines is 1. The van der Waals surface area contributed by atoms with Crippen LogP contribution in [0.25, 0.3) is 0 Å². The fraction of sp³-hybridized carbons (Fsp3) is 0.222. The van der Waals surface area contributed by atoms with Gasteiger partial charge in [-0.2, -0.15) is 0 Å². The molecule has 0 aliphatic carbocycles. The van der Waals surface area contributed by atoms with E-state index in [4.69, 9.17) is 5.73 Å². The van der Waals surface area contributed by atoms with E-state index in [0.717, 1.165) is 0 Å². The van der Waals surface area contributed by atoms with Crippen LogP contribution in [0.3, 0.4) is 0 Å². The first-order chi connectivity index (χ1) is 6.66. The van der Waals surface area contributed by atoms with Crippen molar-refractivity contribution in [3.05, 3.63) is 24.0 Å². The molecule has 0 spiro atoms. The Kier molecular flexibility index (Phi) is 3.17. The summed E-state index contributed by atoms with van der Waals surface area (Å²) in [4.78, 5) is 26.1. The molecule has 2 N–H and O–H groups in total. The second-order valence-corrected chi connectivity index (χ2v) is 2.51. The Bertz CT molecular complexity index is 363. The molecule has 0 radical (unpaired) electrons. The number of hydrogen-bond donors (Lipinski definition) is 1. The van der Waals surface area contributed by atoms with Crippen molar-refractivity contribution in [3.8, 4) is 0 Å². The Morgan fingerprint density at radius 3 is 2.86 bits per heavy atom. The molecule has 0 atom stereocenters. The van der Waals surface area contributed by atoms with E-state index in [9.17, 15) is 9.59 Å². The third-order valence-electron chi connectivity index (χ3n) is 1.56. The van der Waals surface area contributed by atoms with Crippen LogP contribution in [0.1, 0.15) is 17.3 Å². The van der Waals surface area contributed by atoms with Gasteiger partial charge in [0.25, 0.3) is 5.78 Å². The minimum Gasteiger partial charge on any atom is -0.460 e. The van der Waals surface area contributed by atoms with Crippen LogP contribution < -0.4 is 5.73 Å². The van der Waals surface area contributed by atoms with Gasteiger partial charge in [-0.25, -0.2) is 4.79 Å². The van der Waals surface area contributed by atoms with E-state index < -0.39 is 11.8 Å². The minimum atomic E-state index is -0.910. The number of esters is 1. The average Bonchev–Trinajstić information content (AvgIpc) is 2.18. The molecule has 14 heavy (non-hydrogen) atoms. The summed E-state index contributed by atoms with van der Waals surface area (Å²) in [6.45, 7) is 1.78. The molecule has 1 aromatic rings. The van der Waals surface area contributed by atoms with Crippen molar-refractivity contribution in [3.63, 3.8) is 0 Å². The number of nitrogens with two attached hydrogens (primary N) is 1. The van der Waals surface area contributed by atoms with Gasteiger partial charge in [0.15, 0.2) is 0 Å². The van der Waals surface area contributed by atoms with Gasteiger partial charge in [0.05, 0.1) is 12.2 Å². The molecule has 0 saturated heterocycles. The van der Waals surface area contributed by atoms with Crippen LogP contribution in [0.2, 0.25) is 0 Å². The number of carbonyl (C=O) groups excluding carboxylic acids is 2. The molecule has 0 aliphatic heterocycles. The predicted molar refractivity (Wildman–Crippen MR) is 49.6 cm³/mol. The van der Waals surface area contributed by atoms with Crippen molar-refractivity contribution < 1.29 is 14.3 Å². The maximum Gasteiger partial charge on any atom is 0.379 e. The van der Waals surface area contributed by atoms with E-state index in [1.807, 2.05) is 0 Å². The summed E-state index contributed by atoms with van der Waals surface area (Å²) >= 11 is 0. The van der Waals surface area contributed by atoms with Crippen LogP contribution in [0.4, 0.5) is 5.69 Å². The molecule has 5 heteroatoms. The number of Topliss-reactive ketones (excluding diaryl/α,β-unsaturated/α-hetero) is 1. The van der Waals surface area contributed by atoms with Gasteiger partial charge >= 0.3 is 5.97 Å². The van der Waals surface area contributed by atoms with E-state index >= 15 is 0 Å². The highest BCUT2D eigenvalue weighted by molar-refractivity contribution is 6.41. The van der Waals surface area contributed by atoms with Crippen molar-refractivity contribution in [2.45, 2.75) is 6.92 Å². The molecular weight excluding hydrogens is 184 g/mol. The zero-order valence-electron chi connectivity index (χ0n) is 7.69. The zero-order chi connectivity index (χ0) is 10.6. The van der Waals surface area contributed by atoms with Crippen LogP contribution in [-0.4, -0.2) is 23.3 Å². The summed E-state index contributed by atoms with van der Waals surface area (Å²) in [5.41, 5.74) is 5.78. The topological polar surface area (TPSA) is 82.3 Å². The number of rotatable bonds is 3. The third kappa shape index (κ3) is 2.07. The highest BCUT2D eigenvalue weighted by Crippen LogP contribution is 2.09. The molecule has 74 valence electrons. The first-order valence-electron chi connectivity index (χ1n) is 4.07. The molecule has 1 aromatic heterocycles. The van der Waals surface area contributed by atoms with Crippen LogP contribution in [0.15, 0.2) is 18.5 Å². The molecule has 0 aromatic carbocycles. The van der Waals surface area contributed by atoms with Crippen molar-refractivity contribution in [1.82, 2.24) is 4.98 Å². The van der Waals surface area contributed by atoms with Gasteiger partial charge in [-0.1, -0.05) is 0 Å². The Morgan fingerprint density at radius 2 is 2.29 bits per heavy atom. The average molecular weight is 194 g/mol. The van der Waals surface area contributed by atoms with Gasteiger partial charge in [0.1, 0.15) is 0 Å². The van der Waals surface area contributed by atoms with E-state index in [2.05, 4.69) is 9.72 Å². The second kappa shape index (κ2) is 4.36. The molecule has 0 bridgehead atoms. The Balaban J connectivity index is 2.90. The molecule has 0 amide bonds. The van der Waals surface area contributed by atoms with Crippen molar-refractivity contribution in [1.29, 1.82) is 0 Å². The lowest BCUT2D eigenvalue weighted by Crippen LogP contribution is -2.18. The number of ether oxygens (including phenoxy) is 1. The SMILES string of the molecule is CCOC(=O)C(=O)c1cnccc1N. The fourth-order valence-electron chi connectivity index (χ4n) is 0.902. The highest BCUT2D eigenvalue weighted by atomic mass is 16.5.